The zero-order valence-electron chi connectivity index (χ0n) is 10.5. The van der Waals surface area contributed by atoms with Crippen LogP contribution in [0.3, 0.4) is 0 Å². The lowest BCUT2D eigenvalue weighted by atomic mass is 10.2. The summed E-state index contributed by atoms with van der Waals surface area (Å²) in [5, 5.41) is 18.0. The molecule has 2 amide bonds. The standard InChI is InChI=1S/C11H16N4O4/c1-15-5-4-9(14-15)13-11(18)12-6-7-2-3-8(19-7)10(16)17/h4-5,7-8H,2-3,6H2,1H3,(H,16,17)(H2,12,13,14,18). The van der Waals surface area contributed by atoms with Gasteiger partial charge in [-0.2, -0.15) is 5.10 Å². The van der Waals surface area contributed by atoms with Crippen molar-refractivity contribution in [2.45, 2.75) is 25.0 Å². The first-order valence-electron chi connectivity index (χ1n) is 5.97. The molecule has 0 aliphatic carbocycles. The van der Waals surface area contributed by atoms with Crippen molar-refractivity contribution in [2.24, 2.45) is 7.05 Å². The summed E-state index contributed by atoms with van der Waals surface area (Å²) in [7, 11) is 1.75. The Labute approximate surface area is 109 Å². The van der Waals surface area contributed by atoms with E-state index in [4.69, 9.17) is 9.84 Å². The highest BCUT2D eigenvalue weighted by Gasteiger charge is 2.30. The van der Waals surface area contributed by atoms with E-state index in [0.717, 1.165) is 0 Å². The lowest BCUT2D eigenvalue weighted by molar-refractivity contribution is -0.149. The molecular weight excluding hydrogens is 252 g/mol. The Morgan fingerprint density at radius 3 is 2.95 bits per heavy atom. The van der Waals surface area contributed by atoms with Crippen molar-refractivity contribution in [1.29, 1.82) is 0 Å². The van der Waals surface area contributed by atoms with Gasteiger partial charge in [0.1, 0.15) is 0 Å². The highest BCUT2D eigenvalue weighted by molar-refractivity contribution is 5.88. The first-order chi connectivity index (χ1) is 9.04. The number of nitrogens with zero attached hydrogens (tertiary/aromatic N) is 2. The average molecular weight is 268 g/mol. The number of carbonyl (C=O) groups is 2. The lowest BCUT2D eigenvalue weighted by Crippen LogP contribution is -2.36. The van der Waals surface area contributed by atoms with Crippen molar-refractivity contribution in [3.05, 3.63) is 12.3 Å². The third kappa shape index (κ3) is 3.68. The molecule has 2 atom stereocenters. The van der Waals surface area contributed by atoms with Gasteiger partial charge in [0.25, 0.3) is 0 Å². The second-order valence-electron chi connectivity index (χ2n) is 4.37. The van der Waals surface area contributed by atoms with Gasteiger partial charge >= 0.3 is 12.0 Å². The Morgan fingerprint density at radius 1 is 1.58 bits per heavy atom. The maximum Gasteiger partial charge on any atom is 0.332 e. The third-order valence-corrected chi connectivity index (χ3v) is 2.83. The third-order valence-electron chi connectivity index (χ3n) is 2.83. The molecule has 2 unspecified atom stereocenters. The Kier molecular flexibility index (Phi) is 4.00. The molecule has 2 heterocycles. The highest BCUT2D eigenvalue weighted by atomic mass is 16.5. The number of hydrogen-bond acceptors (Lipinski definition) is 4. The summed E-state index contributed by atoms with van der Waals surface area (Å²) in [6.45, 7) is 0.280. The van der Waals surface area contributed by atoms with Crippen LogP contribution in [0.1, 0.15) is 12.8 Å². The quantitative estimate of drug-likeness (QED) is 0.722. The SMILES string of the molecule is Cn1ccc(NC(=O)NCC2CCC(C(=O)O)O2)n1. The molecule has 8 nitrogen and oxygen atoms in total. The topological polar surface area (TPSA) is 105 Å². The second kappa shape index (κ2) is 5.70. The minimum Gasteiger partial charge on any atom is -0.479 e. The van der Waals surface area contributed by atoms with Crippen molar-refractivity contribution < 1.29 is 19.4 Å². The number of anilines is 1. The first-order valence-corrected chi connectivity index (χ1v) is 5.97. The maximum atomic E-state index is 11.6. The number of nitrogens with one attached hydrogen (secondary N) is 2. The zero-order chi connectivity index (χ0) is 13.8. The van der Waals surface area contributed by atoms with Crippen molar-refractivity contribution >= 4 is 17.8 Å². The Balaban J connectivity index is 1.71. The molecule has 1 aliphatic rings. The summed E-state index contributed by atoms with van der Waals surface area (Å²) in [6, 6.07) is 1.28. The average Bonchev–Trinajstić information content (AvgIpc) is 2.96. The molecule has 1 fully saturated rings. The van der Waals surface area contributed by atoms with Crippen LogP contribution in [-0.2, 0) is 16.6 Å². The molecule has 3 N–H and O–H groups in total. The van der Waals surface area contributed by atoms with Crippen LogP contribution in [0.15, 0.2) is 12.3 Å². The summed E-state index contributed by atoms with van der Waals surface area (Å²) in [6.07, 6.45) is 1.80. The number of aromatic nitrogens is 2. The fourth-order valence-electron chi connectivity index (χ4n) is 1.89. The predicted octanol–water partition coefficient (Wildman–Crippen LogP) is 0.174. The van der Waals surface area contributed by atoms with Crippen LogP contribution in [0.25, 0.3) is 0 Å². The number of amides is 2. The fourth-order valence-corrected chi connectivity index (χ4v) is 1.89. The first kappa shape index (κ1) is 13.3. The fraction of sp³-hybridized carbons (Fsp3) is 0.545. The largest absolute Gasteiger partial charge is 0.479 e. The second-order valence-corrected chi connectivity index (χ2v) is 4.37. The minimum absolute atomic E-state index is 0.254. The molecule has 0 bridgehead atoms. The molecule has 0 radical (unpaired) electrons. The molecule has 0 aromatic carbocycles. The Morgan fingerprint density at radius 2 is 2.37 bits per heavy atom. The predicted molar refractivity (Wildman–Crippen MR) is 65.8 cm³/mol. The van der Waals surface area contributed by atoms with Gasteiger partial charge in [-0.05, 0) is 12.8 Å². The normalized spacial score (nSPS) is 22.2. The van der Waals surface area contributed by atoms with E-state index in [0.29, 0.717) is 18.7 Å². The molecule has 19 heavy (non-hydrogen) atoms. The molecular formula is C11H16N4O4. The highest BCUT2D eigenvalue weighted by Crippen LogP contribution is 2.19. The van der Waals surface area contributed by atoms with Gasteiger partial charge in [-0.3, -0.25) is 10.00 Å². The minimum atomic E-state index is -0.958. The van der Waals surface area contributed by atoms with Gasteiger partial charge in [-0.1, -0.05) is 0 Å². The molecule has 1 aromatic heterocycles. The Hall–Kier alpha value is -2.09. The summed E-state index contributed by atoms with van der Waals surface area (Å²) in [5.41, 5.74) is 0. The summed E-state index contributed by atoms with van der Waals surface area (Å²) >= 11 is 0. The van der Waals surface area contributed by atoms with E-state index in [1.807, 2.05) is 0 Å². The molecule has 1 aliphatic heterocycles. The number of hydrogen-bond donors (Lipinski definition) is 3. The van der Waals surface area contributed by atoms with Crippen molar-refractivity contribution in [1.82, 2.24) is 15.1 Å². The van der Waals surface area contributed by atoms with E-state index >= 15 is 0 Å². The molecule has 2 rings (SSSR count). The molecule has 8 heteroatoms. The van der Waals surface area contributed by atoms with Crippen LogP contribution in [0.2, 0.25) is 0 Å². The number of aliphatic carboxylic acids is 1. The summed E-state index contributed by atoms with van der Waals surface area (Å²) < 4.78 is 6.84. The number of carboxylic acids is 1. The van der Waals surface area contributed by atoms with Gasteiger partial charge in [0.05, 0.1) is 6.10 Å². The van der Waals surface area contributed by atoms with Gasteiger partial charge in [-0.25, -0.2) is 9.59 Å². The smallest absolute Gasteiger partial charge is 0.332 e. The van der Waals surface area contributed by atoms with Crippen LogP contribution >= 0.6 is 0 Å². The van der Waals surface area contributed by atoms with Gasteiger partial charge in [0.2, 0.25) is 0 Å². The van der Waals surface area contributed by atoms with E-state index < -0.39 is 12.1 Å². The van der Waals surface area contributed by atoms with E-state index in [9.17, 15) is 9.59 Å². The molecule has 1 aromatic rings. The van der Waals surface area contributed by atoms with Gasteiger partial charge < -0.3 is 15.2 Å². The van der Waals surface area contributed by atoms with E-state index in [1.54, 1.807) is 24.0 Å². The van der Waals surface area contributed by atoms with Gasteiger partial charge in [0.15, 0.2) is 11.9 Å². The van der Waals surface area contributed by atoms with E-state index in [1.165, 1.54) is 0 Å². The molecule has 0 saturated carbocycles. The summed E-state index contributed by atoms with van der Waals surface area (Å²) in [5.74, 6) is -0.504. The molecule has 0 spiro atoms. The van der Waals surface area contributed by atoms with Gasteiger partial charge in [-0.15, -0.1) is 0 Å². The van der Waals surface area contributed by atoms with Crippen molar-refractivity contribution in [3.63, 3.8) is 0 Å². The molecule has 104 valence electrons. The molecule has 1 saturated heterocycles. The monoisotopic (exact) mass is 268 g/mol. The lowest BCUT2D eigenvalue weighted by Gasteiger charge is -2.12. The maximum absolute atomic E-state index is 11.6. The number of aryl methyl sites for hydroxylation is 1. The number of ether oxygens (including phenoxy) is 1. The van der Waals surface area contributed by atoms with Gasteiger partial charge in [0, 0.05) is 25.9 Å². The number of carbonyl (C=O) groups excluding carboxylic acids is 1. The van der Waals surface area contributed by atoms with E-state index in [-0.39, 0.29) is 18.7 Å². The van der Waals surface area contributed by atoms with Crippen LogP contribution in [0, 0.1) is 0 Å². The van der Waals surface area contributed by atoms with Crippen molar-refractivity contribution in [3.8, 4) is 0 Å². The van der Waals surface area contributed by atoms with Crippen molar-refractivity contribution in [2.75, 3.05) is 11.9 Å². The summed E-state index contributed by atoms with van der Waals surface area (Å²) in [4.78, 5) is 22.2. The van der Waals surface area contributed by atoms with Crippen LogP contribution < -0.4 is 10.6 Å². The van der Waals surface area contributed by atoms with Crippen LogP contribution in [-0.4, -0.2) is 45.6 Å². The Bertz CT molecular complexity index is 473. The van der Waals surface area contributed by atoms with E-state index in [2.05, 4.69) is 15.7 Å². The number of rotatable bonds is 4. The zero-order valence-corrected chi connectivity index (χ0v) is 10.5. The van der Waals surface area contributed by atoms with Crippen LogP contribution in [0.4, 0.5) is 10.6 Å². The number of carboxylic acid groups (broad SMARTS) is 1. The van der Waals surface area contributed by atoms with Crippen LogP contribution in [0.5, 0.6) is 0 Å². The number of urea groups is 1.